The summed E-state index contributed by atoms with van der Waals surface area (Å²) in [4.78, 5) is 27.9. The molecule has 2 N–H and O–H groups in total. The van der Waals surface area contributed by atoms with Crippen molar-refractivity contribution in [3.63, 3.8) is 0 Å². The molecule has 9 heteroatoms. The van der Waals surface area contributed by atoms with E-state index in [2.05, 4.69) is 36.6 Å². The highest BCUT2D eigenvalue weighted by molar-refractivity contribution is 7.14. The van der Waals surface area contributed by atoms with E-state index in [1.54, 1.807) is 5.38 Å². The molecule has 0 saturated carbocycles. The zero-order valence-corrected chi connectivity index (χ0v) is 18.1. The molecule has 8 nitrogen and oxygen atoms in total. The molecule has 1 saturated heterocycles. The van der Waals surface area contributed by atoms with E-state index in [4.69, 9.17) is 5.26 Å². The number of thiazole rings is 1. The number of amides is 1. The van der Waals surface area contributed by atoms with Crippen molar-refractivity contribution in [1.29, 1.82) is 5.26 Å². The number of hydrogen-bond donors (Lipinski definition) is 2. The van der Waals surface area contributed by atoms with Gasteiger partial charge in [-0.3, -0.25) is 9.69 Å². The molecule has 0 spiro atoms. The molecule has 2 aromatic heterocycles. The van der Waals surface area contributed by atoms with E-state index in [1.165, 1.54) is 11.3 Å². The fourth-order valence-electron chi connectivity index (χ4n) is 3.35. The van der Waals surface area contributed by atoms with Gasteiger partial charge in [0, 0.05) is 29.4 Å². The quantitative estimate of drug-likeness (QED) is 0.725. The Balaban J connectivity index is 1.72. The Bertz CT molecular complexity index is 912. The summed E-state index contributed by atoms with van der Waals surface area (Å²) in [6.07, 6.45) is 2.10. The van der Waals surface area contributed by atoms with Crippen molar-refractivity contribution in [2.45, 2.75) is 52.0 Å². The molecule has 3 heterocycles. The average Bonchev–Trinajstić information content (AvgIpc) is 3.09. The monoisotopic (exact) mass is 413 g/mol. The molecule has 1 amide bonds. The highest BCUT2D eigenvalue weighted by Crippen LogP contribution is 2.28. The molecule has 0 aromatic carbocycles. The minimum absolute atomic E-state index is 0.193. The number of nitrogens with zero attached hydrogens (tertiary/aromatic N) is 5. The van der Waals surface area contributed by atoms with Crippen molar-refractivity contribution in [3.8, 4) is 6.07 Å². The van der Waals surface area contributed by atoms with Crippen molar-refractivity contribution in [2.24, 2.45) is 0 Å². The number of likely N-dealkylation sites (tertiary alicyclic amines) is 1. The van der Waals surface area contributed by atoms with Crippen molar-refractivity contribution >= 4 is 28.2 Å². The molecule has 0 aliphatic carbocycles. The Labute approximate surface area is 175 Å². The Morgan fingerprint density at radius 2 is 2.17 bits per heavy atom. The van der Waals surface area contributed by atoms with Gasteiger partial charge in [-0.25, -0.2) is 15.0 Å². The lowest BCUT2D eigenvalue weighted by molar-refractivity contribution is 0.0915. The van der Waals surface area contributed by atoms with Crippen LogP contribution in [-0.2, 0) is 0 Å². The second-order valence-electron chi connectivity index (χ2n) is 8.32. The van der Waals surface area contributed by atoms with Crippen LogP contribution in [0.1, 0.15) is 61.5 Å². The predicted octanol–water partition coefficient (Wildman–Crippen LogP) is 3.22. The summed E-state index contributed by atoms with van der Waals surface area (Å²) in [5.74, 6) is 1.44. The van der Waals surface area contributed by atoms with Gasteiger partial charge in [-0.05, 0) is 47.1 Å². The Morgan fingerprint density at radius 1 is 1.38 bits per heavy atom. The van der Waals surface area contributed by atoms with Crippen LogP contribution in [0.2, 0.25) is 0 Å². The molecule has 154 valence electrons. The van der Waals surface area contributed by atoms with Gasteiger partial charge < -0.3 is 10.6 Å². The summed E-state index contributed by atoms with van der Waals surface area (Å²) in [5.41, 5.74) is 1.05. The number of nitriles is 1. The van der Waals surface area contributed by atoms with Gasteiger partial charge in [0.15, 0.2) is 5.13 Å². The van der Waals surface area contributed by atoms with E-state index in [-0.39, 0.29) is 17.4 Å². The summed E-state index contributed by atoms with van der Waals surface area (Å²) >= 11 is 1.37. The number of carbonyl (C=O) groups excluding carboxylic acids is 1. The molecule has 1 atom stereocenters. The van der Waals surface area contributed by atoms with Crippen molar-refractivity contribution in [2.75, 3.05) is 25.0 Å². The van der Waals surface area contributed by atoms with E-state index < -0.39 is 0 Å². The number of rotatable bonds is 5. The number of carbonyl (C=O) groups is 1. The summed E-state index contributed by atoms with van der Waals surface area (Å²) in [5, 5.41) is 17.4. The zero-order valence-electron chi connectivity index (χ0n) is 17.3. The lowest BCUT2D eigenvalue weighted by atomic mass is 9.94. The second-order valence-corrected chi connectivity index (χ2v) is 9.18. The molecule has 1 fully saturated rings. The van der Waals surface area contributed by atoms with Crippen LogP contribution in [0.4, 0.5) is 10.9 Å². The van der Waals surface area contributed by atoms with Gasteiger partial charge in [-0.1, -0.05) is 0 Å². The van der Waals surface area contributed by atoms with Crippen molar-refractivity contribution in [1.82, 2.24) is 25.2 Å². The second kappa shape index (κ2) is 8.84. The Kier molecular flexibility index (Phi) is 6.45. The van der Waals surface area contributed by atoms with E-state index in [0.717, 1.165) is 31.6 Å². The maximum atomic E-state index is 12.3. The standard InChI is InChI=1S/C20H27N7OS/c1-13-22-15(14-6-5-8-27(11-14)9-7-21)10-17(23-13)25-19-24-16(12-29-19)18(28)26-20(2,3)4/h10,12,14H,5-6,8-9,11H2,1-4H3,(H,26,28)(H,22,23,24,25)/t14-/m1/s1. The zero-order chi connectivity index (χ0) is 21.0. The first-order chi connectivity index (χ1) is 13.7. The van der Waals surface area contributed by atoms with Crippen LogP contribution >= 0.6 is 11.3 Å². The van der Waals surface area contributed by atoms with Crippen LogP contribution in [0.3, 0.4) is 0 Å². The van der Waals surface area contributed by atoms with E-state index >= 15 is 0 Å². The van der Waals surface area contributed by atoms with E-state index in [1.807, 2.05) is 33.8 Å². The minimum atomic E-state index is -0.313. The molecule has 3 rings (SSSR count). The van der Waals surface area contributed by atoms with Crippen molar-refractivity contribution < 1.29 is 4.79 Å². The molecule has 1 aliphatic rings. The number of hydrogen-bond acceptors (Lipinski definition) is 8. The SMILES string of the molecule is Cc1nc(Nc2nc(C(=O)NC(C)(C)C)cs2)cc([C@@H]2CCCN(CC#N)C2)n1. The fourth-order valence-corrected chi connectivity index (χ4v) is 4.05. The number of aryl methyl sites for hydroxylation is 1. The molecule has 0 radical (unpaired) electrons. The highest BCUT2D eigenvalue weighted by Gasteiger charge is 2.23. The first kappa shape index (κ1) is 21.1. The fraction of sp³-hybridized carbons (Fsp3) is 0.550. The first-order valence-corrected chi connectivity index (χ1v) is 10.6. The lowest BCUT2D eigenvalue weighted by Gasteiger charge is -2.30. The molecule has 2 aromatic rings. The smallest absolute Gasteiger partial charge is 0.271 e. The number of piperidine rings is 1. The summed E-state index contributed by atoms with van der Waals surface area (Å²) in [6.45, 7) is 9.91. The maximum absolute atomic E-state index is 12.3. The summed E-state index contributed by atoms with van der Waals surface area (Å²) in [7, 11) is 0. The summed E-state index contributed by atoms with van der Waals surface area (Å²) in [6, 6.07) is 4.18. The van der Waals surface area contributed by atoms with Gasteiger partial charge >= 0.3 is 0 Å². The third-order valence-corrected chi connectivity index (χ3v) is 5.29. The van der Waals surface area contributed by atoms with Gasteiger partial charge in [0.25, 0.3) is 5.91 Å². The van der Waals surface area contributed by atoms with E-state index in [0.29, 0.717) is 29.0 Å². The Morgan fingerprint density at radius 3 is 2.90 bits per heavy atom. The van der Waals surface area contributed by atoms with Gasteiger partial charge in [0.05, 0.1) is 18.3 Å². The maximum Gasteiger partial charge on any atom is 0.271 e. The molecule has 0 bridgehead atoms. The topological polar surface area (TPSA) is 107 Å². The Hall–Kier alpha value is -2.57. The van der Waals surface area contributed by atoms with Crippen LogP contribution < -0.4 is 10.6 Å². The predicted molar refractivity (Wildman–Crippen MR) is 113 cm³/mol. The van der Waals surface area contributed by atoms with Crippen molar-refractivity contribution in [3.05, 3.63) is 28.7 Å². The third kappa shape index (κ3) is 5.95. The highest BCUT2D eigenvalue weighted by atomic mass is 32.1. The van der Waals surface area contributed by atoms with Gasteiger partial charge in [-0.2, -0.15) is 5.26 Å². The molecular formula is C20H27N7OS. The number of aromatic nitrogens is 3. The van der Waals surface area contributed by atoms with Gasteiger partial charge in [0.1, 0.15) is 17.3 Å². The lowest BCUT2D eigenvalue weighted by Crippen LogP contribution is -2.40. The van der Waals surface area contributed by atoms with Gasteiger partial charge in [0.2, 0.25) is 0 Å². The van der Waals surface area contributed by atoms with Gasteiger partial charge in [-0.15, -0.1) is 11.3 Å². The average molecular weight is 414 g/mol. The number of anilines is 2. The normalized spacial score (nSPS) is 17.6. The number of nitrogens with one attached hydrogen (secondary N) is 2. The van der Waals surface area contributed by atoms with Crippen LogP contribution in [0.15, 0.2) is 11.4 Å². The van der Waals surface area contributed by atoms with Crippen LogP contribution in [-0.4, -0.2) is 50.9 Å². The summed E-state index contributed by atoms with van der Waals surface area (Å²) < 4.78 is 0. The molecular weight excluding hydrogens is 386 g/mol. The minimum Gasteiger partial charge on any atom is -0.346 e. The largest absolute Gasteiger partial charge is 0.346 e. The molecule has 29 heavy (non-hydrogen) atoms. The van der Waals surface area contributed by atoms with Crippen LogP contribution in [0.25, 0.3) is 0 Å². The van der Waals surface area contributed by atoms with Crippen LogP contribution in [0.5, 0.6) is 0 Å². The van der Waals surface area contributed by atoms with Crippen LogP contribution in [0, 0.1) is 18.3 Å². The first-order valence-electron chi connectivity index (χ1n) is 9.73. The third-order valence-electron chi connectivity index (χ3n) is 4.54. The van der Waals surface area contributed by atoms with E-state index in [9.17, 15) is 4.79 Å². The molecule has 1 aliphatic heterocycles. The molecule has 0 unspecified atom stereocenters.